The van der Waals surface area contributed by atoms with Crippen LogP contribution in [0.1, 0.15) is 103 Å². The number of carboxylic acid groups (broad SMARTS) is 1. The molecule has 0 bridgehead atoms. The van der Waals surface area contributed by atoms with Gasteiger partial charge in [-0.1, -0.05) is 19.9 Å². The van der Waals surface area contributed by atoms with Crippen LogP contribution < -0.4 is 4.90 Å². The molecule has 0 aliphatic carbocycles. The second-order valence-corrected chi connectivity index (χ2v) is 13.4. The molecule has 0 aromatic carbocycles. The number of ether oxygens (including phenoxy) is 2. The fourth-order valence-corrected chi connectivity index (χ4v) is 5.18. The number of piperidine rings is 1. The topological polar surface area (TPSA) is 92.2 Å². The van der Waals surface area contributed by atoms with Gasteiger partial charge in [0.2, 0.25) is 0 Å². The maximum atomic E-state index is 12.7. The molecule has 8 heteroatoms. The number of hydrogen-bond donors (Lipinski definition) is 1. The van der Waals surface area contributed by atoms with Gasteiger partial charge in [-0.25, -0.2) is 9.59 Å². The number of hydrogen-bond acceptors (Lipinski definition) is 6. The fraction of sp³-hybridized carbons (Fsp3) is 0.700. The average Bonchev–Trinajstić information content (AvgIpc) is 2.76. The van der Waals surface area contributed by atoms with E-state index in [2.05, 4.69) is 24.8 Å². The van der Waals surface area contributed by atoms with E-state index in [4.69, 9.17) is 14.5 Å². The zero-order valence-electron chi connectivity index (χ0n) is 25.0. The Morgan fingerprint density at radius 1 is 1.00 bits per heavy atom. The summed E-state index contributed by atoms with van der Waals surface area (Å²) < 4.78 is 11.7. The van der Waals surface area contributed by atoms with Crippen molar-refractivity contribution < 1.29 is 24.2 Å². The molecular weight excluding hydrogens is 482 g/mol. The third kappa shape index (κ3) is 7.28. The van der Waals surface area contributed by atoms with Crippen molar-refractivity contribution in [1.82, 2.24) is 9.88 Å². The third-order valence-corrected chi connectivity index (χ3v) is 7.15. The van der Waals surface area contributed by atoms with E-state index < -0.39 is 23.3 Å². The van der Waals surface area contributed by atoms with Crippen LogP contribution in [0.4, 0.5) is 10.5 Å². The quantitative estimate of drug-likeness (QED) is 0.479. The van der Waals surface area contributed by atoms with Gasteiger partial charge in [-0.05, 0) is 85.6 Å². The van der Waals surface area contributed by atoms with Gasteiger partial charge >= 0.3 is 12.1 Å². The molecule has 0 radical (unpaired) electrons. The first-order valence-corrected chi connectivity index (χ1v) is 13.7. The van der Waals surface area contributed by atoms with Crippen molar-refractivity contribution in [1.29, 1.82) is 0 Å². The summed E-state index contributed by atoms with van der Waals surface area (Å²) in [5.74, 6) is -1.02. The number of aryl methyl sites for hydroxylation is 2. The standard InChI is InChI=1S/C30H47N3O5/c1-19-22(21-11-15-33(16-12-21)27(36)38-29(6,7)8)24(32-17-13-30(9,10)14-18-32)23(20(2)31-19)25(26(34)35)37-28(3,4)5/h11,25H,12-18H2,1-10H3,(H,34,35). The number of pyridine rings is 1. The molecule has 2 aliphatic rings. The van der Waals surface area contributed by atoms with Gasteiger partial charge < -0.3 is 24.4 Å². The minimum absolute atomic E-state index is 0.236. The van der Waals surface area contributed by atoms with Crippen molar-refractivity contribution in [2.24, 2.45) is 5.41 Å². The van der Waals surface area contributed by atoms with Gasteiger partial charge in [-0.15, -0.1) is 0 Å². The van der Waals surface area contributed by atoms with Crippen molar-refractivity contribution in [2.45, 2.75) is 106 Å². The molecule has 1 amide bonds. The van der Waals surface area contributed by atoms with Crippen LogP contribution in [0.2, 0.25) is 0 Å². The van der Waals surface area contributed by atoms with Crippen LogP contribution in [0.25, 0.3) is 5.57 Å². The second-order valence-electron chi connectivity index (χ2n) is 13.4. The van der Waals surface area contributed by atoms with E-state index in [1.807, 2.05) is 55.4 Å². The van der Waals surface area contributed by atoms with Gasteiger partial charge in [-0.3, -0.25) is 4.98 Å². The summed E-state index contributed by atoms with van der Waals surface area (Å²) in [4.78, 5) is 34.2. The molecule has 3 heterocycles. The molecule has 1 atom stereocenters. The van der Waals surface area contributed by atoms with Crippen LogP contribution >= 0.6 is 0 Å². The molecule has 38 heavy (non-hydrogen) atoms. The molecule has 1 unspecified atom stereocenters. The van der Waals surface area contributed by atoms with E-state index in [1.165, 1.54) is 0 Å². The SMILES string of the molecule is Cc1nc(C)c(C(OC(C)(C)C)C(=O)O)c(N2CCC(C)(C)CC2)c1C1=CCN(C(=O)OC(C)(C)C)CC1. The van der Waals surface area contributed by atoms with Crippen molar-refractivity contribution >= 4 is 23.3 Å². The van der Waals surface area contributed by atoms with Gasteiger partial charge in [-0.2, -0.15) is 0 Å². The smallest absolute Gasteiger partial charge is 0.410 e. The summed E-state index contributed by atoms with van der Waals surface area (Å²) in [7, 11) is 0. The van der Waals surface area contributed by atoms with Crippen LogP contribution in [-0.4, -0.2) is 64.4 Å². The first-order valence-electron chi connectivity index (χ1n) is 13.7. The Bertz CT molecular complexity index is 1080. The van der Waals surface area contributed by atoms with Gasteiger partial charge in [0.1, 0.15) is 5.60 Å². The predicted molar refractivity (Wildman–Crippen MR) is 151 cm³/mol. The summed E-state index contributed by atoms with van der Waals surface area (Å²) in [6, 6.07) is 0. The molecule has 1 saturated heterocycles. The van der Waals surface area contributed by atoms with Gasteiger partial charge in [0.25, 0.3) is 0 Å². The van der Waals surface area contributed by atoms with Crippen LogP contribution in [0, 0.1) is 19.3 Å². The second kappa shape index (κ2) is 10.9. The Morgan fingerprint density at radius 2 is 1.61 bits per heavy atom. The van der Waals surface area contributed by atoms with Crippen LogP contribution in [0.3, 0.4) is 0 Å². The number of carbonyl (C=O) groups excluding carboxylic acids is 1. The predicted octanol–water partition coefficient (Wildman–Crippen LogP) is 6.29. The molecule has 0 spiro atoms. The number of rotatable bonds is 5. The van der Waals surface area contributed by atoms with Gasteiger partial charge in [0, 0.05) is 48.7 Å². The summed E-state index contributed by atoms with van der Waals surface area (Å²) in [6.07, 6.45) is 3.25. The lowest BCUT2D eigenvalue weighted by Gasteiger charge is -2.41. The molecule has 1 aromatic rings. The largest absolute Gasteiger partial charge is 0.479 e. The van der Waals surface area contributed by atoms with Crippen LogP contribution in [0.15, 0.2) is 6.08 Å². The molecule has 1 fully saturated rings. The lowest BCUT2D eigenvalue weighted by molar-refractivity contribution is -0.160. The minimum atomic E-state index is -1.14. The van der Waals surface area contributed by atoms with E-state index in [9.17, 15) is 14.7 Å². The lowest BCUT2D eigenvalue weighted by Crippen LogP contribution is -2.40. The van der Waals surface area contributed by atoms with E-state index in [0.717, 1.165) is 48.4 Å². The highest BCUT2D eigenvalue weighted by atomic mass is 16.6. The Hall–Kier alpha value is -2.61. The van der Waals surface area contributed by atoms with Crippen LogP contribution in [-0.2, 0) is 14.3 Å². The maximum Gasteiger partial charge on any atom is 0.410 e. The zero-order chi connectivity index (χ0) is 28.6. The normalized spacial score (nSPS) is 19.2. The van der Waals surface area contributed by atoms with Gasteiger partial charge in [0.15, 0.2) is 6.10 Å². The third-order valence-electron chi connectivity index (χ3n) is 7.15. The summed E-state index contributed by atoms with van der Waals surface area (Å²) in [6.45, 7) is 22.3. The minimum Gasteiger partial charge on any atom is -0.479 e. The molecule has 1 N–H and O–H groups in total. The Balaban J connectivity index is 2.13. The number of aromatic nitrogens is 1. The zero-order valence-corrected chi connectivity index (χ0v) is 25.0. The van der Waals surface area contributed by atoms with E-state index in [0.29, 0.717) is 30.8 Å². The molecule has 2 aliphatic heterocycles. The van der Waals surface area contributed by atoms with E-state index >= 15 is 0 Å². The highest BCUT2D eigenvalue weighted by Gasteiger charge is 2.37. The van der Waals surface area contributed by atoms with E-state index in [-0.39, 0.29) is 11.5 Å². The molecule has 1 aromatic heterocycles. The van der Waals surface area contributed by atoms with Gasteiger partial charge in [0.05, 0.1) is 11.3 Å². The Labute approximate surface area is 228 Å². The van der Waals surface area contributed by atoms with Crippen molar-refractivity contribution in [3.63, 3.8) is 0 Å². The van der Waals surface area contributed by atoms with E-state index in [1.54, 1.807) is 4.90 Å². The number of anilines is 1. The summed E-state index contributed by atoms with van der Waals surface area (Å²) >= 11 is 0. The summed E-state index contributed by atoms with van der Waals surface area (Å²) in [5, 5.41) is 10.3. The number of nitrogens with zero attached hydrogens (tertiary/aromatic N) is 3. The number of amides is 1. The molecule has 8 nitrogen and oxygen atoms in total. The van der Waals surface area contributed by atoms with Crippen LogP contribution in [0.5, 0.6) is 0 Å². The first kappa shape index (κ1) is 29.9. The highest BCUT2D eigenvalue weighted by Crippen LogP contribution is 2.44. The first-order chi connectivity index (χ1) is 17.4. The molecular formula is C30H47N3O5. The van der Waals surface area contributed by atoms with Crippen molar-refractivity contribution in [2.75, 3.05) is 31.1 Å². The molecule has 212 valence electrons. The summed E-state index contributed by atoms with van der Waals surface area (Å²) in [5.41, 5.74) is 4.16. The Kier molecular flexibility index (Phi) is 8.56. The lowest BCUT2D eigenvalue weighted by atomic mass is 9.81. The molecule has 3 rings (SSSR count). The highest BCUT2D eigenvalue weighted by molar-refractivity contribution is 5.86. The maximum absolute atomic E-state index is 12.7. The fourth-order valence-electron chi connectivity index (χ4n) is 5.18. The number of aliphatic carboxylic acids is 1. The number of carboxylic acids is 1. The average molecular weight is 530 g/mol. The monoisotopic (exact) mass is 529 g/mol. The number of carbonyl (C=O) groups is 2. The van der Waals surface area contributed by atoms with Crippen molar-refractivity contribution in [3.05, 3.63) is 28.6 Å². The Morgan fingerprint density at radius 3 is 2.08 bits per heavy atom. The van der Waals surface area contributed by atoms with Crippen molar-refractivity contribution in [3.8, 4) is 0 Å². The molecule has 0 saturated carbocycles.